The van der Waals surface area contributed by atoms with Crippen LogP contribution in [-0.4, -0.2) is 262 Å². The molecule has 20 N–H and O–H groups in total. The van der Waals surface area contributed by atoms with Gasteiger partial charge in [0.25, 0.3) is 0 Å². The maximum absolute atomic E-state index is 15.1. The summed E-state index contributed by atoms with van der Waals surface area (Å²) >= 11 is 6.90. The van der Waals surface area contributed by atoms with Gasteiger partial charge in [0, 0.05) is 98.3 Å². The number of benzene rings is 4. The van der Waals surface area contributed by atoms with Crippen LogP contribution in [0, 0.1) is 5.92 Å². The minimum absolute atomic E-state index is 0.0329. The number of phenolic OH excluding ortho intramolecular Hbond substituents is 1. The first kappa shape index (κ1) is 105. The summed E-state index contributed by atoms with van der Waals surface area (Å²) < 4.78 is 28.8. The van der Waals surface area contributed by atoms with Crippen molar-refractivity contribution in [3.63, 3.8) is 0 Å². The first-order chi connectivity index (χ1) is 62.6. The molecule has 1 unspecified atom stereocenters. The van der Waals surface area contributed by atoms with Gasteiger partial charge in [0.05, 0.1) is 49.6 Å². The lowest BCUT2D eigenvalue weighted by Gasteiger charge is -2.36. The number of aromatic amines is 1. The summed E-state index contributed by atoms with van der Waals surface area (Å²) in [5.41, 5.74) is 27.3. The van der Waals surface area contributed by atoms with E-state index in [2.05, 4.69) is 52.8 Å². The third-order valence-corrected chi connectivity index (χ3v) is 29.7. The summed E-state index contributed by atoms with van der Waals surface area (Å²) in [7, 11) is 9.94. The molecule has 0 spiro atoms. The number of nitrogens with two attached hydrogens (primary N) is 4. The highest BCUT2D eigenvalue weighted by Crippen LogP contribution is 2.49. The van der Waals surface area contributed by atoms with Gasteiger partial charge in [-0.05, 0) is 139 Å². The molecular formula is C90H121ClN16O21S4. The third kappa shape index (κ3) is 29.2. The Hall–Kier alpha value is -10.6. The molecule has 0 radical (unpaired) electrons. The summed E-state index contributed by atoms with van der Waals surface area (Å²) in [5.74, 6) is -12.6. The number of epoxide rings is 1. The van der Waals surface area contributed by atoms with Gasteiger partial charge in [0.1, 0.15) is 88.7 Å². The van der Waals surface area contributed by atoms with Crippen LogP contribution in [0.5, 0.6) is 11.5 Å². The number of carbonyl (C=O) groups is 14. The molecule has 4 bridgehead atoms. The number of ether oxygens (including phenoxy) is 5. The number of hydrogen-bond donors (Lipinski definition) is 16. The number of carbonyl (C=O) groups excluding carboxylic acids is 14. The molecule has 4 aliphatic heterocycles. The number of phenols is 1. The second-order valence-corrected chi connectivity index (χ2v) is 40.0. The van der Waals surface area contributed by atoms with Gasteiger partial charge in [0.15, 0.2) is 0 Å². The zero-order valence-corrected chi connectivity index (χ0v) is 79.5. The van der Waals surface area contributed by atoms with Gasteiger partial charge in [-0.2, -0.15) is 0 Å². The Bertz CT molecular complexity index is 5020. The first-order valence-corrected chi connectivity index (χ1v) is 48.5. The number of nitrogens with one attached hydrogen (secondary N) is 10. The number of halogens is 1. The Morgan fingerprint density at radius 2 is 1.48 bits per heavy atom. The number of aliphatic hydroxyl groups excluding tert-OH is 1. The fraction of sp³-hybridized carbons (Fsp3) is 0.511. The highest BCUT2D eigenvalue weighted by molar-refractivity contribution is 8.77. The van der Waals surface area contributed by atoms with Crippen LogP contribution in [0.15, 0.2) is 121 Å². The van der Waals surface area contributed by atoms with Crippen LogP contribution in [0.25, 0.3) is 10.9 Å². The Morgan fingerprint density at radius 1 is 0.811 bits per heavy atom. The Balaban J connectivity index is 0.876. The number of primary amides is 2. The van der Waals surface area contributed by atoms with Gasteiger partial charge in [-0.15, -0.1) is 0 Å². The summed E-state index contributed by atoms with van der Waals surface area (Å²) in [4.78, 5) is 206. The third-order valence-electron chi connectivity index (χ3n) is 23.6. The van der Waals surface area contributed by atoms with Crippen molar-refractivity contribution in [1.29, 1.82) is 0 Å². The number of likely N-dealkylation sites (N-methyl/N-ethyl adjacent to an activating group) is 1. The monoisotopic (exact) mass is 1920 g/mol. The normalized spacial score (nSPS) is 25.1. The van der Waals surface area contributed by atoms with E-state index in [9.17, 15) is 67.7 Å². The minimum atomic E-state index is -1.86. The average Bonchev–Trinajstić information content (AvgIpc) is 1.57. The fourth-order valence-corrected chi connectivity index (χ4v) is 20.8. The van der Waals surface area contributed by atoms with Gasteiger partial charge < -0.3 is 119 Å². The number of amides is 13. The quantitative estimate of drug-likeness (QED) is 0.0127. The average molecular weight is 1930 g/mol. The van der Waals surface area contributed by atoms with E-state index in [1.54, 1.807) is 93.7 Å². The number of allylic oxidation sites excluding steroid dienone is 3. The summed E-state index contributed by atoms with van der Waals surface area (Å²) in [6, 6.07) is 9.59. The Morgan fingerprint density at radius 3 is 2.15 bits per heavy atom. The maximum atomic E-state index is 15.1. The predicted molar refractivity (Wildman–Crippen MR) is 503 cm³/mol. The largest absolute Gasteiger partial charge is 0.508 e. The predicted octanol–water partition coefficient (Wildman–Crippen LogP) is 3.52. The van der Waals surface area contributed by atoms with E-state index >= 15 is 9.59 Å². The van der Waals surface area contributed by atoms with Crippen molar-refractivity contribution in [3.05, 3.63) is 148 Å². The molecule has 0 saturated carbocycles. The fourth-order valence-electron chi connectivity index (χ4n) is 15.5. The van der Waals surface area contributed by atoms with E-state index in [1.165, 1.54) is 76.2 Å². The number of H-pyrrole nitrogens is 1. The topological polar surface area (TPSA) is 564 Å². The summed E-state index contributed by atoms with van der Waals surface area (Å²) in [6.45, 7) is 11.5. The molecule has 37 nitrogen and oxygen atoms in total. The lowest BCUT2D eigenvalue weighted by molar-refractivity contribution is -0.162. The van der Waals surface area contributed by atoms with Crippen molar-refractivity contribution in [2.75, 3.05) is 57.0 Å². The number of nitrogens with zero attached hydrogens (tertiary/aromatic N) is 2. The lowest BCUT2D eigenvalue weighted by atomic mass is 9.84. The second kappa shape index (κ2) is 48.9. The number of anilines is 1. The van der Waals surface area contributed by atoms with Crippen molar-refractivity contribution in [2.45, 2.75) is 233 Å². The minimum Gasteiger partial charge on any atom is -0.508 e. The van der Waals surface area contributed by atoms with Crippen molar-refractivity contribution >= 4 is 154 Å². The van der Waals surface area contributed by atoms with Crippen molar-refractivity contribution in [1.82, 2.24) is 57.7 Å². The SMILES string of the molecule is COc1cc2cc(c1Cl)N(C)C(=O)C[C@H](OC(=O)[C@H](C)N(C)C(=O)CCSSC(C)(C)[C@H](NC(=O)CC[C@H](NC(=O)[C@@H]1CSSC[C@H](NC(=O)[C@H](N)Cc3ccccc3)C(=O)N[C@@H](Cc3ccc(O)cc3)C(=O)N[C@H](Cc3c[nH]c4ccccc34)C(=O)N[C@@H](CCCCN)C(=O)N[C@@H]([C@@H](C)O)C(=O)N1)C(N)=O)C(N)=O)[C@]1(C)O[C@H]1[C@H](C)[C@@H]1CC(NC(=O)O1)[C@H](OC)/C=C/C=C(\C)C2. The molecule has 4 aromatic carbocycles. The molecule has 18 atom stereocenters. The molecule has 5 heterocycles. The molecule has 9 rings (SSSR count). The van der Waals surface area contributed by atoms with Crippen LogP contribution in [0.4, 0.5) is 10.5 Å². The van der Waals surface area contributed by atoms with Crippen molar-refractivity contribution < 1.29 is 101 Å². The van der Waals surface area contributed by atoms with Crippen LogP contribution in [0.3, 0.4) is 0 Å². The number of aromatic hydroxyl groups is 1. The number of aliphatic hydroxyl groups is 1. The summed E-state index contributed by atoms with van der Waals surface area (Å²) in [6.07, 6.45) is 0.790. The van der Waals surface area contributed by atoms with Gasteiger partial charge in [0.2, 0.25) is 70.9 Å². The molecule has 4 aliphatic rings. The number of rotatable bonds is 32. The first-order valence-electron chi connectivity index (χ1n) is 43.3. The van der Waals surface area contributed by atoms with Crippen LogP contribution < -0.4 is 80.4 Å². The zero-order valence-electron chi connectivity index (χ0n) is 75.5. The number of alkyl carbamates (subject to hydrolysis) is 1. The van der Waals surface area contributed by atoms with E-state index in [0.29, 0.717) is 58.3 Å². The molecule has 3 saturated heterocycles. The standard InChI is InChI=1S/C90H121ClN16O21S4/c1-47-20-19-26-67(124-10)61-42-68(126-88(123)103-61)48(2)77-90(7,128-77)70(43-73(112)107(9)66-39-53(36-47)40-69(125-11)74(66)91)127-87(122)49(3)106(8)72(111)33-35-129-132-89(5,6)76(79(95)114)104-71(110)32-31-59(78(94)113)97-84(119)65-46-131-130-45-64(101-80(115)57(93)37-51-21-13-12-14-22-51)85(120)99-62(38-52-27-29-55(109)30-28-52)82(117)100-63(41-54-44-96-58-24-16-15-23-56(54)58)83(118)98-60(25-17-18-34-92)81(116)105-75(50(4)108)86(121)102-65/h12-16,19-24,26-30,39-40,44,48-50,57,59-65,67-68,70,75-77,96,108-109H,17-18,25,31-38,41-43,45-46,92-93H2,1-11H3,(H2,94,113)(H2,95,114)(H,97,119)(H,98,118)(H,99,120)(H,100,117)(H,101,115)(H,102,121)(H,103,123)(H,104,110)(H,105,116)/b26-19+,47-20+/t48-,49+,50-,57-,59+,60+,61?,62+,63-,64+,65+,67-,68+,70+,75+,76-,77+,90+/m1/s1. The number of para-hydroxylation sites is 1. The van der Waals surface area contributed by atoms with Gasteiger partial charge in [-0.3, -0.25) is 57.5 Å². The van der Waals surface area contributed by atoms with Crippen LogP contribution >= 0.6 is 54.8 Å². The maximum Gasteiger partial charge on any atom is 0.407 e. The van der Waals surface area contributed by atoms with Crippen molar-refractivity contribution in [2.24, 2.45) is 28.9 Å². The second-order valence-electron chi connectivity index (χ2n) is 34.0. The number of esters is 1. The van der Waals surface area contributed by atoms with Gasteiger partial charge in [-0.1, -0.05) is 146 Å². The van der Waals surface area contributed by atoms with Crippen LogP contribution in [-0.2, 0) is 107 Å². The number of unbranched alkanes of at least 4 members (excludes halogenated alkanes) is 1. The molecule has 0 aliphatic carbocycles. The van der Waals surface area contributed by atoms with E-state index in [-0.39, 0.29) is 67.3 Å². The smallest absolute Gasteiger partial charge is 0.407 e. The number of aromatic nitrogens is 1. The van der Waals surface area contributed by atoms with E-state index in [4.69, 9.17) is 58.2 Å². The van der Waals surface area contributed by atoms with Gasteiger partial charge >= 0.3 is 12.1 Å². The lowest BCUT2D eigenvalue weighted by Crippen LogP contribution is -2.62. The summed E-state index contributed by atoms with van der Waals surface area (Å²) in [5, 5.41) is 46.4. The number of fused-ring (bicyclic) bond motifs is 6. The number of methoxy groups -OCH3 is 2. The van der Waals surface area contributed by atoms with Crippen molar-refractivity contribution in [3.8, 4) is 11.5 Å². The van der Waals surface area contributed by atoms with Crippen LogP contribution in [0.2, 0.25) is 5.02 Å². The number of hydrogen-bond acceptors (Lipinski definition) is 27. The highest BCUT2D eigenvalue weighted by Gasteiger charge is 2.64. The van der Waals surface area contributed by atoms with E-state index in [1.807, 2.05) is 32.1 Å². The molecule has 5 aromatic rings. The molecule has 13 amide bonds. The molecular weight excluding hydrogens is 1800 g/mol. The molecule has 718 valence electrons. The molecule has 3 fully saturated rings. The Kier molecular flexibility index (Phi) is 38.9. The van der Waals surface area contributed by atoms with Gasteiger partial charge in [-0.25, -0.2) is 9.59 Å². The molecule has 1 aromatic heterocycles. The molecule has 132 heavy (non-hydrogen) atoms. The molecule has 42 heteroatoms. The van der Waals surface area contributed by atoms with E-state index in [0.717, 1.165) is 54.3 Å². The Labute approximate surface area is 786 Å². The highest BCUT2D eigenvalue weighted by atomic mass is 35.5. The van der Waals surface area contributed by atoms with Crippen LogP contribution in [0.1, 0.15) is 122 Å². The van der Waals surface area contributed by atoms with E-state index < -0.39 is 221 Å². The zero-order chi connectivity index (χ0) is 96.6.